The monoisotopic (exact) mass is 559 g/mol. The van der Waals surface area contributed by atoms with Gasteiger partial charge in [-0.2, -0.15) is 5.48 Å². The number of hydrogen-bond acceptors (Lipinski definition) is 7. The zero-order chi connectivity index (χ0) is 28.2. The summed E-state index contributed by atoms with van der Waals surface area (Å²) in [6.07, 6.45) is 2.95. The van der Waals surface area contributed by atoms with E-state index in [1.165, 1.54) is 36.3 Å². The third kappa shape index (κ3) is 9.29. The molecule has 0 aliphatic carbocycles. The number of hydroxylamine groups is 1. The van der Waals surface area contributed by atoms with Crippen molar-refractivity contribution in [2.45, 2.75) is 44.3 Å². The first-order valence-corrected chi connectivity index (χ1v) is 14.1. The second kappa shape index (κ2) is 15.9. The van der Waals surface area contributed by atoms with E-state index in [0.29, 0.717) is 64.6 Å². The molecule has 212 valence electrons. The van der Waals surface area contributed by atoms with Gasteiger partial charge in [0, 0.05) is 29.9 Å². The highest BCUT2D eigenvalue weighted by Gasteiger charge is 2.27. The topological polar surface area (TPSA) is 70.8 Å². The summed E-state index contributed by atoms with van der Waals surface area (Å²) in [7, 11) is 1.61. The third-order valence-electron chi connectivity index (χ3n) is 6.50. The van der Waals surface area contributed by atoms with E-state index in [1.807, 2.05) is 0 Å². The van der Waals surface area contributed by atoms with Crippen molar-refractivity contribution in [1.29, 1.82) is 0 Å². The van der Waals surface area contributed by atoms with Gasteiger partial charge in [0.15, 0.2) is 0 Å². The number of nitrogens with zero attached hydrogens (tertiary/aromatic N) is 4. The predicted molar refractivity (Wildman–Crippen MR) is 157 cm³/mol. The Bertz CT molecular complexity index is 1120. The van der Waals surface area contributed by atoms with E-state index in [9.17, 15) is 8.78 Å². The van der Waals surface area contributed by atoms with Gasteiger partial charge in [0.1, 0.15) is 24.1 Å². The largest absolute Gasteiger partial charge is 0.384 e. The van der Waals surface area contributed by atoms with Crippen LogP contribution in [-0.4, -0.2) is 70.0 Å². The molecule has 1 N–H and O–H groups in total. The summed E-state index contributed by atoms with van der Waals surface area (Å²) in [6.45, 7) is 14.6. The molecule has 0 aromatic heterocycles. The first-order valence-electron chi connectivity index (χ1n) is 13.1. The molecule has 1 atom stereocenters. The van der Waals surface area contributed by atoms with Gasteiger partial charge in [0.25, 0.3) is 0 Å². The molecule has 3 rings (SSSR count). The number of hydrogen-bond donors (Lipinski definition) is 1. The van der Waals surface area contributed by atoms with Gasteiger partial charge in [-0.1, -0.05) is 19.9 Å². The fraction of sp³-hybridized carbons (Fsp3) is 0.483. The molecule has 2 aromatic carbocycles. The summed E-state index contributed by atoms with van der Waals surface area (Å²) in [5, 5.41) is 0. The van der Waals surface area contributed by atoms with Crippen molar-refractivity contribution in [2.75, 3.05) is 39.2 Å². The lowest BCUT2D eigenvalue weighted by atomic mass is 9.93. The van der Waals surface area contributed by atoms with Crippen molar-refractivity contribution in [3.63, 3.8) is 0 Å². The minimum atomic E-state index is -0.401. The van der Waals surface area contributed by atoms with Gasteiger partial charge >= 0.3 is 0 Å². The Morgan fingerprint density at radius 2 is 1.95 bits per heavy atom. The van der Waals surface area contributed by atoms with Crippen LogP contribution >= 0.6 is 11.8 Å². The third-order valence-corrected chi connectivity index (χ3v) is 7.51. The summed E-state index contributed by atoms with van der Waals surface area (Å²) >= 11 is 1.38. The van der Waals surface area contributed by atoms with Crippen molar-refractivity contribution >= 4 is 37.2 Å². The lowest BCUT2D eigenvalue weighted by Crippen LogP contribution is -2.42. The highest BCUT2D eigenvalue weighted by Crippen LogP contribution is 2.37. The SMILES string of the molecule is C=NC=Nc1c(CN2CCC(C(N=C)NOCC(C)C)CC2)cc(F)cc1-c1ccc(SCCOC)c(F)c1. The summed E-state index contributed by atoms with van der Waals surface area (Å²) in [5.74, 6) is 0.582. The fourth-order valence-corrected chi connectivity index (χ4v) is 5.35. The average molecular weight is 560 g/mol. The molecule has 1 fully saturated rings. The molecule has 1 unspecified atom stereocenters. The predicted octanol–water partition coefficient (Wildman–Crippen LogP) is 6.15. The molecule has 1 saturated heterocycles. The number of methoxy groups -OCH3 is 1. The summed E-state index contributed by atoms with van der Waals surface area (Å²) in [6, 6.07) is 7.81. The van der Waals surface area contributed by atoms with E-state index >= 15 is 0 Å². The Morgan fingerprint density at radius 3 is 2.59 bits per heavy atom. The van der Waals surface area contributed by atoms with Crippen LogP contribution in [0, 0.1) is 23.5 Å². The second-order valence-electron chi connectivity index (χ2n) is 9.94. The van der Waals surface area contributed by atoms with E-state index in [1.54, 1.807) is 19.2 Å². The molecular formula is C29H39F2N5O2S. The van der Waals surface area contributed by atoms with Gasteiger partial charge in [-0.3, -0.25) is 19.7 Å². The van der Waals surface area contributed by atoms with Crippen LogP contribution < -0.4 is 5.48 Å². The lowest BCUT2D eigenvalue weighted by Gasteiger charge is -2.35. The molecule has 1 heterocycles. The maximum atomic E-state index is 14.9. The molecule has 0 radical (unpaired) electrons. The molecule has 0 bridgehead atoms. The molecule has 7 nitrogen and oxygen atoms in total. The fourth-order valence-electron chi connectivity index (χ4n) is 4.52. The van der Waals surface area contributed by atoms with Crippen LogP contribution in [0.1, 0.15) is 32.3 Å². The van der Waals surface area contributed by atoms with Crippen molar-refractivity contribution in [3.05, 3.63) is 47.5 Å². The smallest absolute Gasteiger partial charge is 0.137 e. The molecular weight excluding hydrogens is 520 g/mol. The Hall–Kier alpha value is -2.50. The van der Waals surface area contributed by atoms with Crippen LogP contribution in [0.2, 0.25) is 0 Å². The summed E-state index contributed by atoms with van der Waals surface area (Å²) in [5.41, 5.74) is 5.37. The first kappa shape index (κ1) is 31.0. The summed E-state index contributed by atoms with van der Waals surface area (Å²) in [4.78, 5) is 20.8. The highest BCUT2D eigenvalue weighted by molar-refractivity contribution is 7.99. The Balaban J connectivity index is 1.77. The molecule has 1 aliphatic heterocycles. The molecule has 0 saturated carbocycles. The minimum Gasteiger partial charge on any atom is -0.384 e. The molecule has 2 aromatic rings. The molecule has 1 aliphatic rings. The number of likely N-dealkylation sites (tertiary alicyclic amines) is 1. The van der Waals surface area contributed by atoms with Gasteiger partial charge in [-0.05, 0) is 86.6 Å². The van der Waals surface area contributed by atoms with Crippen LogP contribution in [0.4, 0.5) is 14.5 Å². The first-order chi connectivity index (χ1) is 18.9. The second-order valence-corrected chi connectivity index (χ2v) is 11.1. The van der Waals surface area contributed by atoms with Crippen LogP contribution in [-0.2, 0) is 16.1 Å². The zero-order valence-corrected chi connectivity index (χ0v) is 23.9. The molecule has 0 amide bonds. The number of nitrogens with one attached hydrogen (secondary N) is 1. The Labute approximate surface area is 234 Å². The normalized spacial score (nSPS) is 15.7. The standard InChI is InChI=1S/C29H39F2N5O2S/c1-20(2)18-38-35-29(33-4)21-8-10-36(11-9-21)17-23-14-24(30)16-25(28(23)34-19-32-3)22-6-7-27(26(31)15-22)39-13-12-37-5/h6-7,14-16,19-21,29,35H,3-4,8-13,17-18H2,1-2,5H3. The molecule has 39 heavy (non-hydrogen) atoms. The lowest BCUT2D eigenvalue weighted by molar-refractivity contribution is -0.0182. The van der Waals surface area contributed by atoms with E-state index < -0.39 is 5.82 Å². The number of benzene rings is 2. The maximum absolute atomic E-state index is 14.9. The quantitative estimate of drug-likeness (QED) is 0.0932. The van der Waals surface area contributed by atoms with Crippen molar-refractivity contribution in [1.82, 2.24) is 10.4 Å². The molecule has 10 heteroatoms. The Kier molecular flexibility index (Phi) is 12.7. The zero-order valence-electron chi connectivity index (χ0n) is 23.0. The van der Waals surface area contributed by atoms with Crippen LogP contribution in [0.5, 0.6) is 0 Å². The van der Waals surface area contributed by atoms with Crippen molar-refractivity contribution in [3.8, 4) is 11.1 Å². The number of piperidine rings is 1. The van der Waals surface area contributed by atoms with Gasteiger partial charge < -0.3 is 4.74 Å². The number of thioether (sulfide) groups is 1. The van der Waals surface area contributed by atoms with Gasteiger partial charge in [0.2, 0.25) is 0 Å². The van der Waals surface area contributed by atoms with Crippen LogP contribution in [0.3, 0.4) is 0 Å². The van der Waals surface area contributed by atoms with Crippen LogP contribution in [0.15, 0.2) is 50.2 Å². The van der Waals surface area contributed by atoms with E-state index in [4.69, 9.17) is 9.57 Å². The average Bonchev–Trinajstić information content (AvgIpc) is 2.92. The van der Waals surface area contributed by atoms with Crippen LogP contribution in [0.25, 0.3) is 11.1 Å². The number of ether oxygens (including phenoxy) is 1. The maximum Gasteiger partial charge on any atom is 0.137 e. The van der Waals surface area contributed by atoms with Gasteiger partial charge in [-0.15, -0.1) is 11.8 Å². The van der Waals surface area contributed by atoms with Gasteiger partial charge in [-0.25, -0.2) is 13.8 Å². The number of halogens is 2. The van der Waals surface area contributed by atoms with Crippen molar-refractivity contribution < 1.29 is 18.4 Å². The number of rotatable bonds is 15. The van der Waals surface area contributed by atoms with E-state index in [2.05, 4.69) is 52.6 Å². The number of aliphatic imine (C=N–C) groups is 3. The highest BCUT2D eigenvalue weighted by atomic mass is 32.2. The van der Waals surface area contributed by atoms with Gasteiger partial charge in [0.05, 0.1) is 18.9 Å². The van der Waals surface area contributed by atoms with E-state index in [-0.39, 0.29) is 12.0 Å². The van der Waals surface area contributed by atoms with E-state index in [0.717, 1.165) is 25.9 Å². The Morgan fingerprint density at radius 1 is 1.18 bits per heavy atom. The minimum absolute atomic E-state index is 0.170. The summed E-state index contributed by atoms with van der Waals surface area (Å²) < 4.78 is 34.8. The van der Waals surface area contributed by atoms with Crippen molar-refractivity contribution in [2.24, 2.45) is 26.8 Å². The molecule has 0 spiro atoms.